The second-order valence-corrected chi connectivity index (χ2v) is 10.3. The average Bonchev–Trinajstić information content (AvgIpc) is 2.72. The van der Waals surface area contributed by atoms with Crippen molar-refractivity contribution in [1.82, 2.24) is 9.97 Å². The van der Waals surface area contributed by atoms with Crippen molar-refractivity contribution in [2.24, 2.45) is 0 Å². The monoisotopic (exact) mass is 490 g/mol. The molecular formula is C23H24F2N4O4S. The topological polar surface area (TPSA) is 121 Å². The third-order valence-corrected chi connectivity index (χ3v) is 5.93. The number of carbonyl (C=O) groups is 1. The first-order valence-electron chi connectivity index (χ1n) is 10.1. The molecule has 180 valence electrons. The molecule has 0 radical (unpaired) electrons. The lowest BCUT2D eigenvalue weighted by Gasteiger charge is -2.18. The van der Waals surface area contributed by atoms with Crippen LogP contribution in [0.4, 0.5) is 26.0 Å². The number of sulfone groups is 1. The zero-order valence-corrected chi connectivity index (χ0v) is 19.7. The van der Waals surface area contributed by atoms with Crippen LogP contribution in [0.15, 0.2) is 53.7 Å². The Bertz CT molecular complexity index is 1320. The molecule has 3 aromatic rings. The van der Waals surface area contributed by atoms with Crippen molar-refractivity contribution in [1.29, 1.82) is 0 Å². The number of alkyl halides is 2. The number of hydrogen-bond donors (Lipinski definition) is 3. The van der Waals surface area contributed by atoms with Crippen LogP contribution in [-0.4, -0.2) is 35.7 Å². The molecule has 8 nitrogen and oxygen atoms in total. The van der Waals surface area contributed by atoms with E-state index in [1.54, 1.807) is 26.0 Å². The number of hydrogen-bond acceptors (Lipinski definition) is 7. The first-order valence-corrected chi connectivity index (χ1v) is 12.0. The van der Waals surface area contributed by atoms with Gasteiger partial charge in [0.2, 0.25) is 5.91 Å². The van der Waals surface area contributed by atoms with Crippen LogP contribution in [0.25, 0.3) is 11.3 Å². The number of halogens is 2. The SMILES string of the molecule is CC(=O)Nc1cc(Nc2cc(C(F)F)cc(S(C)(=O)=O)c2)c(-c2ccc(C(C)(C)O)cn2)cn1. The minimum absolute atomic E-state index is 0.104. The average molecular weight is 491 g/mol. The minimum atomic E-state index is -3.76. The van der Waals surface area contributed by atoms with Gasteiger partial charge in [-0.3, -0.25) is 9.78 Å². The van der Waals surface area contributed by atoms with Crippen molar-refractivity contribution in [3.63, 3.8) is 0 Å². The summed E-state index contributed by atoms with van der Waals surface area (Å²) in [5.74, 6) is -0.168. The summed E-state index contributed by atoms with van der Waals surface area (Å²) < 4.78 is 50.9. The van der Waals surface area contributed by atoms with Crippen LogP contribution in [-0.2, 0) is 20.2 Å². The number of nitrogens with one attached hydrogen (secondary N) is 2. The van der Waals surface area contributed by atoms with Gasteiger partial charge in [0.1, 0.15) is 5.82 Å². The fraction of sp³-hybridized carbons (Fsp3) is 0.261. The van der Waals surface area contributed by atoms with E-state index in [-0.39, 0.29) is 22.3 Å². The van der Waals surface area contributed by atoms with Gasteiger partial charge in [0.15, 0.2) is 9.84 Å². The van der Waals surface area contributed by atoms with Crippen molar-refractivity contribution in [3.05, 3.63) is 59.9 Å². The van der Waals surface area contributed by atoms with E-state index in [1.807, 2.05) is 0 Å². The quantitative estimate of drug-likeness (QED) is 0.448. The lowest BCUT2D eigenvalue weighted by atomic mass is 9.99. The molecule has 1 aromatic carbocycles. The Morgan fingerprint density at radius 1 is 1.09 bits per heavy atom. The van der Waals surface area contributed by atoms with Gasteiger partial charge in [-0.25, -0.2) is 22.2 Å². The van der Waals surface area contributed by atoms with E-state index in [0.717, 1.165) is 18.4 Å². The summed E-state index contributed by atoms with van der Waals surface area (Å²) in [6.45, 7) is 4.55. The van der Waals surface area contributed by atoms with Crippen molar-refractivity contribution in [3.8, 4) is 11.3 Å². The molecule has 0 atom stereocenters. The molecule has 0 saturated heterocycles. The Morgan fingerprint density at radius 2 is 1.79 bits per heavy atom. The molecule has 2 heterocycles. The van der Waals surface area contributed by atoms with Crippen LogP contribution in [0.2, 0.25) is 0 Å². The molecule has 3 N–H and O–H groups in total. The summed E-state index contributed by atoms with van der Waals surface area (Å²) >= 11 is 0. The Morgan fingerprint density at radius 3 is 2.32 bits per heavy atom. The van der Waals surface area contributed by atoms with Gasteiger partial charge in [-0.15, -0.1) is 0 Å². The summed E-state index contributed by atoms with van der Waals surface area (Å²) in [6.07, 6.45) is 0.987. The Balaban J connectivity index is 2.12. The van der Waals surface area contributed by atoms with Crippen LogP contribution in [0.5, 0.6) is 0 Å². The highest BCUT2D eigenvalue weighted by Gasteiger charge is 2.19. The second-order valence-electron chi connectivity index (χ2n) is 8.28. The molecule has 34 heavy (non-hydrogen) atoms. The maximum absolute atomic E-state index is 13.4. The number of amides is 1. The van der Waals surface area contributed by atoms with E-state index in [2.05, 4.69) is 20.6 Å². The van der Waals surface area contributed by atoms with Gasteiger partial charge in [-0.2, -0.15) is 0 Å². The maximum atomic E-state index is 13.4. The normalized spacial score (nSPS) is 12.0. The molecule has 1 amide bonds. The molecular weight excluding hydrogens is 466 g/mol. The summed E-state index contributed by atoms with van der Waals surface area (Å²) in [6, 6.07) is 8.15. The van der Waals surface area contributed by atoms with E-state index < -0.39 is 27.4 Å². The number of aromatic nitrogens is 2. The number of nitrogens with zero attached hydrogens (tertiary/aromatic N) is 2. The Kier molecular flexibility index (Phi) is 6.99. The number of pyridine rings is 2. The van der Waals surface area contributed by atoms with Crippen molar-refractivity contribution in [2.75, 3.05) is 16.9 Å². The van der Waals surface area contributed by atoms with Gasteiger partial charge in [0.25, 0.3) is 6.43 Å². The van der Waals surface area contributed by atoms with Crippen LogP contribution in [0.1, 0.15) is 38.3 Å². The Labute approximate surface area is 196 Å². The van der Waals surface area contributed by atoms with Gasteiger partial charge >= 0.3 is 0 Å². The highest BCUT2D eigenvalue weighted by atomic mass is 32.2. The smallest absolute Gasteiger partial charge is 0.263 e. The van der Waals surface area contributed by atoms with E-state index in [0.29, 0.717) is 22.5 Å². The summed E-state index contributed by atoms with van der Waals surface area (Å²) in [7, 11) is -3.76. The van der Waals surface area contributed by atoms with Crippen LogP contribution >= 0.6 is 0 Å². The molecule has 0 unspecified atom stereocenters. The molecule has 0 aliphatic rings. The van der Waals surface area contributed by atoms with Crippen molar-refractivity contribution in [2.45, 2.75) is 37.7 Å². The standard InChI is InChI=1S/C23H24F2N4O4S/c1-13(30)28-21-10-20(18(12-27-21)19-6-5-15(11-26-19)23(2,3)31)29-16-7-14(22(24)25)8-17(9-16)34(4,32)33/h5-12,22,31H,1-4H3,(H2,27,28,29,30). The fourth-order valence-corrected chi connectivity index (χ4v) is 3.81. The van der Waals surface area contributed by atoms with E-state index in [9.17, 15) is 27.1 Å². The van der Waals surface area contributed by atoms with Crippen LogP contribution in [0.3, 0.4) is 0 Å². The van der Waals surface area contributed by atoms with Gasteiger partial charge < -0.3 is 15.7 Å². The molecule has 0 spiro atoms. The number of benzene rings is 1. The zero-order valence-electron chi connectivity index (χ0n) is 18.9. The predicted octanol–water partition coefficient (Wildman–Crippen LogP) is 4.41. The molecule has 0 fully saturated rings. The van der Waals surface area contributed by atoms with Crippen molar-refractivity contribution < 1.29 is 27.1 Å². The summed E-state index contributed by atoms with van der Waals surface area (Å²) in [5.41, 5.74) is 0.371. The van der Waals surface area contributed by atoms with Gasteiger partial charge in [-0.05, 0) is 38.1 Å². The Hall–Kier alpha value is -3.44. The third kappa shape index (κ3) is 6.12. The maximum Gasteiger partial charge on any atom is 0.263 e. The largest absolute Gasteiger partial charge is 0.386 e. The number of rotatable bonds is 7. The summed E-state index contributed by atoms with van der Waals surface area (Å²) in [5, 5.41) is 15.7. The predicted molar refractivity (Wildman–Crippen MR) is 125 cm³/mol. The first-order chi connectivity index (χ1) is 15.7. The molecule has 0 aliphatic carbocycles. The molecule has 3 rings (SSSR count). The molecule has 0 aliphatic heterocycles. The lowest BCUT2D eigenvalue weighted by molar-refractivity contribution is -0.114. The minimum Gasteiger partial charge on any atom is -0.386 e. The highest BCUT2D eigenvalue weighted by molar-refractivity contribution is 7.90. The fourth-order valence-electron chi connectivity index (χ4n) is 3.12. The van der Waals surface area contributed by atoms with Gasteiger partial charge in [0, 0.05) is 54.0 Å². The van der Waals surface area contributed by atoms with Gasteiger partial charge in [0.05, 0.1) is 21.9 Å². The van der Waals surface area contributed by atoms with Gasteiger partial charge in [-0.1, -0.05) is 6.07 Å². The molecule has 0 saturated carbocycles. The number of carbonyl (C=O) groups excluding carboxylic acids is 1. The second kappa shape index (κ2) is 9.43. The van der Waals surface area contributed by atoms with Crippen LogP contribution in [0, 0.1) is 0 Å². The first kappa shape index (κ1) is 25.2. The molecule has 2 aromatic heterocycles. The number of anilines is 3. The van der Waals surface area contributed by atoms with Crippen LogP contribution < -0.4 is 10.6 Å². The zero-order chi connectivity index (χ0) is 25.3. The highest BCUT2D eigenvalue weighted by Crippen LogP contribution is 2.34. The van der Waals surface area contributed by atoms with E-state index >= 15 is 0 Å². The summed E-state index contributed by atoms with van der Waals surface area (Å²) in [4.78, 5) is 19.8. The third-order valence-electron chi connectivity index (χ3n) is 4.84. The lowest BCUT2D eigenvalue weighted by Crippen LogP contribution is -2.15. The van der Waals surface area contributed by atoms with E-state index in [1.165, 1.54) is 31.5 Å². The van der Waals surface area contributed by atoms with E-state index in [4.69, 9.17) is 0 Å². The van der Waals surface area contributed by atoms with Crippen molar-refractivity contribution >= 4 is 32.9 Å². The molecule has 0 bridgehead atoms. The number of aliphatic hydroxyl groups is 1. The molecule has 11 heteroatoms.